The maximum atomic E-state index is 13.4. The fraction of sp³-hybridized carbons (Fsp3) is 0.185. The number of carbonyl (C=O) groups excluding carboxylic acids is 1. The topological polar surface area (TPSA) is 86.4 Å². The Morgan fingerprint density at radius 2 is 1.51 bits per heavy atom. The number of hydrogen-bond donors (Lipinski definition) is 1. The van der Waals surface area contributed by atoms with Gasteiger partial charge in [-0.1, -0.05) is 60.3 Å². The number of aromatic amines is 1. The van der Waals surface area contributed by atoms with Gasteiger partial charge in [0.15, 0.2) is 5.03 Å². The Morgan fingerprint density at radius 1 is 0.892 bits per heavy atom. The Balaban J connectivity index is 1.31. The van der Waals surface area contributed by atoms with Crippen molar-refractivity contribution in [2.24, 2.45) is 0 Å². The van der Waals surface area contributed by atoms with E-state index in [1.807, 2.05) is 30.3 Å². The van der Waals surface area contributed by atoms with Crippen LogP contribution in [0.3, 0.4) is 0 Å². The molecule has 3 aromatic carbocycles. The lowest BCUT2D eigenvalue weighted by molar-refractivity contribution is -0.128. The molecule has 2 heterocycles. The molecule has 0 radical (unpaired) electrons. The van der Waals surface area contributed by atoms with Crippen LogP contribution in [0.5, 0.6) is 0 Å². The highest BCUT2D eigenvalue weighted by molar-refractivity contribution is 8.00. The van der Waals surface area contributed by atoms with Gasteiger partial charge in [0.05, 0.1) is 10.6 Å². The van der Waals surface area contributed by atoms with E-state index in [9.17, 15) is 17.6 Å². The maximum Gasteiger partial charge on any atom is 0.233 e. The molecular weight excluding hydrogens is 511 g/mol. The van der Waals surface area contributed by atoms with Crippen molar-refractivity contribution in [2.75, 3.05) is 36.8 Å². The van der Waals surface area contributed by atoms with Crippen molar-refractivity contribution in [3.63, 3.8) is 0 Å². The van der Waals surface area contributed by atoms with Crippen LogP contribution in [-0.2, 0) is 14.6 Å². The third-order valence-corrected chi connectivity index (χ3v) is 8.98. The van der Waals surface area contributed by atoms with E-state index in [2.05, 4.69) is 14.9 Å². The average Bonchev–Trinajstić information content (AvgIpc) is 3.39. The minimum absolute atomic E-state index is 0.0171. The summed E-state index contributed by atoms with van der Waals surface area (Å²) in [7, 11) is -3.87. The summed E-state index contributed by atoms with van der Waals surface area (Å²) in [5.41, 5.74) is 1.67. The van der Waals surface area contributed by atoms with E-state index in [1.54, 1.807) is 47.4 Å². The maximum absolute atomic E-state index is 13.4. The number of carbonyl (C=O) groups is 1. The number of piperazine rings is 1. The van der Waals surface area contributed by atoms with Crippen molar-refractivity contribution < 1.29 is 17.6 Å². The van der Waals surface area contributed by atoms with Gasteiger partial charge in [-0.3, -0.25) is 4.79 Å². The van der Waals surface area contributed by atoms with Crippen molar-refractivity contribution >= 4 is 33.2 Å². The lowest BCUT2D eigenvalue weighted by Gasteiger charge is -2.36. The molecule has 0 bridgehead atoms. The van der Waals surface area contributed by atoms with E-state index in [-0.39, 0.29) is 32.4 Å². The average molecular weight is 537 g/mol. The van der Waals surface area contributed by atoms with Crippen LogP contribution in [0.25, 0.3) is 11.4 Å². The van der Waals surface area contributed by atoms with Gasteiger partial charge in [-0.2, -0.15) is 0 Å². The van der Waals surface area contributed by atoms with Crippen LogP contribution in [0.1, 0.15) is 0 Å². The predicted octanol–water partition coefficient (Wildman–Crippen LogP) is 4.49. The van der Waals surface area contributed by atoms with Crippen LogP contribution in [0, 0.1) is 5.82 Å². The van der Waals surface area contributed by atoms with E-state index in [4.69, 9.17) is 0 Å². The molecule has 0 spiro atoms. The Labute approximate surface area is 219 Å². The number of aromatic nitrogens is 2. The van der Waals surface area contributed by atoms with Gasteiger partial charge in [-0.15, -0.1) is 0 Å². The quantitative estimate of drug-likeness (QED) is 0.351. The molecule has 1 N–H and O–H groups in total. The number of amides is 1. The highest BCUT2D eigenvalue weighted by Gasteiger charge is 2.28. The molecule has 1 fully saturated rings. The van der Waals surface area contributed by atoms with Crippen molar-refractivity contribution in [3.8, 4) is 11.4 Å². The van der Waals surface area contributed by atoms with E-state index in [0.29, 0.717) is 32.0 Å². The number of rotatable bonds is 7. The molecule has 1 aromatic heterocycles. The zero-order chi connectivity index (χ0) is 25.8. The van der Waals surface area contributed by atoms with E-state index in [0.717, 1.165) is 23.0 Å². The van der Waals surface area contributed by atoms with Crippen molar-refractivity contribution in [3.05, 3.63) is 90.7 Å². The van der Waals surface area contributed by atoms with Crippen LogP contribution in [-0.4, -0.2) is 61.1 Å². The standard InChI is InChI=1S/C27H25FN4O3S2/c28-21-11-13-22(14-12-21)31-15-17-32(18-16-31)24(33)19-36-26-27(37(34,35)23-9-5-2-6-10-23)30-25(29-26)20-7-3-1-4-8-20/h1-14H,15-19H2,(H,29,30). The molecule has 1 aliphatic rings. The number of nitrogens with zero attached hydrogens (tertiary/aromatic N) is 3. The summed E-state index contributed by atoms with van der Waals surface area (Å²) in [4.78, 5) is 24.6. The summed E-state index contributed by atoms with van der Waals surface area (Å²) in [6.45, 7) is 2.33. The van der Waals surface area contributed by atoms with Crippen LogP contribution in [0.4, 0.5) is 10.1 Å². The molecular formula is C27H25FN4O3S2. The smallest absolute Gasteiger partial charge is 0.233 e. The number of nitrogens with one attached hydrogen (secondary N) is 1. The number of H-pyrrole nitrogens is 1. The number of halogens is 1. The highest BCUT2D eigenvalue weighted by Crippen LogP contribution is 2.32. The third-order valence-electron chi connectivity index (χ3n) is 6.17. The zero-order valence-corrected chi connectivity index (χ0v) is 21.5. The molecule has 0 unspecified atom stereocenters. The van der Waals surface area contributed by atoms with Gasteiger partial charge < -0.3 is 14.8 Å². The van der Waals surface area contributed by atoms with Crippen LogP contribution < -0.4 is 4.90 Å². The largest absolute Gasteiger partial charge is 0.368 e. The molecule has 1 saturated heterocycles. The SMILES string of the molecule is O=C(CSc1nc(-c2ccccc2)[nH]c1S(=O)(=O)c1ccccc1)N1CCN(c2ccc(F)cc2)CC1. The minimum Gasteiger partial charge on any atom is -0.368 e. The number of hydrogen-bond acceptors (Lipinski definition) is 6. The molecule has 37 heavy (non-hydrogen) atoms. The van der Waals surface area contributed by atoms with Crippen molar-refractivity contribution in [2.45, 2.75) is 14.9 Å². The molecule has 5 rings (SSSR count). The van der Waals surface area contributed by atoms with Gasteiger partial charge in [0.1, 0.15) is 16.7 Å². The summed E-state index contributed by atoms with van der Waals surface area (Å²) < 4.78 is 40.1. The van der Waals surface area contributed by atoms with E-state index in [1.165, 1.54) is 12.1 Å². The predicted molar refractivity (Wildman–Crippen MR) is 142 cm³/mol. The first kappa shape index (κ1) is 25.0. The number of sulfone groups is 1. The number of imidazole rings is 1. The van der Waals surface area contributed by atoms with E-state index < -0.39 is 9.84 Å². The Bertz CT molecular complexity index is 1470. The van der Waals surface area contributed by atoms with Gasteiger partial charge in [0, 0.05) is 37.4 Å². The van der Waals surface area contributed by atoms with Gasteiger partial charge in [-0.05, 0) is 36.4 Å². The van der Waals surface area contributed by atoms with Crippen LogP contribution >= 0.6 is 11.8 Å². The molecule has 1 amide bonds. The molecule has 0 aliphatic carbocycles. The lowest BCUT2D eigenvalue weighted by Crippen LogP contribution is -2.49. The van der Waals surface area contributed by atoms with Crippen molar-refractivity contribution in [1.29, 1.82) is 0 Å². The second-order valence-corrected chi connectivity index (χ2v) is 11.4. The normalized spacial score (nSPS) is 14.1. The Morgan fingerprint density at radius 3 is 2.16 bits per heavy atom. The first-order valence-corrected chi connectivity index (χ1v) is 14.3. The summed E-state index contributed by atoms with van der Waals surface area (Å²) in [6.07, 6.45) is 0. The van der Waals surface area contributed by atoms with Gasteiger partial charge in [-0.25, -0.2) is 17.8 Å². The first-order chi connectivity index (χ1) is 17.9. The summed E-state index contributed by atoms with van der Waals surface area (Å²) in [5.74, 6) is 0.124. The molecule has 1 aliphatic heterocycles. The molecule has 190 valence electrons. The molecule has 0 saturated carbocycles. The Kier molecular flexibility index (Phi) is 7.29. The van der Waals surface area contributed by atoms with Crippen LogP contribution in [0.15, 0.2) is 99.9 Å². The van der Waals surface area contributed by atoms with Crippen LogP contribution in [0.2, 0.25) is 0 Å². The van der Waals surface area contributed by atoms with E-state index >= 15 is 0 Å². The lowest BCUT2D eigenvalue weighted by atomic mass is 10.2. The highest BCUT2D eigenvalue weighted by atomic mass is 32.2. The van der Waals surface area contributed by atoms with Gasteiger partial charge in [0.2, 0.25) is 15.7 Å². The number of thioether (sulfide) groups is 1. The number of anilines is 1. The van der Waals surface area contributed by atoms with Crippen molar-refractivity contribution in [1.82, 2.24) is 14.9 Å². The first-order valence-electron chi connectivity index (χ1n) is 11.8. The fourth-order valence-electron chi connectivity index (χ4n) is 4.16. The summed E-state index contributed by atoms with van der Waals surface area (Å²) in [6, 6.07) is 23.8. The third kappa shape index (κ3) is 5.55. The number of benzene rings is 3. The fourth-order valence-corrected chi connectivity index (χ4v) is 6.70. The second kappa shape index (κ2) is 10.8. The summed E-state index contributed by atoms with van der Waals surface area (Å²) in [5, 5.41) is 0.248. The molecule has 7 nitrogen and oxygen atoms in total. The Hall–Kier alpha value is -3.63. The minimum atomic E-state index is -3.87. The van der Waals surface area contributed by atoms with Gasteiger partial charge in [0.25, 0.3) is 0 Å². The molecule has 0 atom stereocenters. The summed E-state index contributed by atoms with van der Waals surface area (Å²) >= 11 is 1.12. The molecule has 10 heteroatoms. The molecule has 4 aromatic rings. The monoisotopic (exact) mass is 536 g/mol. The van der Waals surface area contributed by atoms with Gasteiger partial charge >= 0.3 is 0 Å². The second-order valence-electron chi connectivity index (χ2n) is 8.54. The zero-order valence-electron chi connectivity index (χ0n) is 19.9.